The molecule has 2 aromatic heterocycles. The summed E-state index contributed by atoms with van der Waals surface area (Å²) in [6.45, 7) is 1.30. The van der Waals surface area contributed by atoms with Gasteiger partial charge < -0.3 is 25.6 Å². The lowest BCUT2D eigenvalue weighted by Gasteiger charge is -2.26. The van der Waals surface area contributed by atoms with Crippen molar-refractivity contribution >= 4 is 51.4 Å². The molecule has 0 saturated carbocycles. The van der Waals surface area contributed by atoms with Gasteiger partial charge in [0, 0.05) is 17.4 Å². The van der Waals surface area contributed by atoms with E-state index in [1.54, 1.807) is 31.2 Å². The summed E-state index contributed by atoms with van der Waals surface area (Å²) in [7, 11) is 0. The molecule has 0 aliphatic rings. The highest BCUT2D eigenvalue weighted by Gasteiger charge is 2.28. The first-order chi connectivity index (χ1) is 17.7. The number of thiazole rings is 1. The number of amides is 2. The van der Waals surface area contributed by atoms with Crippen molar-refractivity contribution in [1.82, 2.24) is 10.1 Å². The highest BCUT2D eigenvalue weighted by Crippen LogP contribution is 2.36. The molecule has 11 nitrogen and oxygen atoms in total. The number of ketones is 1. The van der Waals surface area contributed by atoms with Gasteiger partial charge in [0.1, 0.15) is 34.9 Å². The van der Waals surface area contributed by atoms with Crippen molar-refractivity contribution in [2.45, 2.75) is 19.6 Å². The molecular weight excluding hydrogens is 503 g/mol. The summed E-state index contributed by atoms with van der Waals surface area (Å²) in [4.78, 5) is 42.7. The van der Waals surface area contributed by atoms with Gasteiger partial charge in [-0.25, -0.2) is 14.2 Å². The molecule has 0 radical (unpaired) electrons. The van der Waals surface area contributed by atoms with Gasteiger partial charge in [0.25, 0.3) is 0 Å². The van der Waals surface area contributed by atoms with Gasteiger partial charge in [0.2, 0.25) is 17.5 Å². The minimum absolute atomic E-state index is 0.0317. The maximum absolute atomic E-state index is 13.4. The summed E-state index contributed by atoms with van der Waals surface area (Å²) in [6, 6.07) is 14.5. The molecule has 4 aromatic rings. The molecule has 0 saturated heterocycles. The van der Waals surface area contributed by atoms with E-state index in [4.69, 9.17) is 20.7 Å². The minimum Gasteiger partial charge on any atom is -0.443 e. The zero-order valence-corrected chi connectivity index (χ0v) is 20.2. The third-order valence-corrected chi connectivity index (χ3v) is 6.18. The van der Waals surface area contributed by atoms with Crippen molar-refractivity contribution in [3.05, 3.63) is 82.8 Å². The molecule has 2 heterocycles. The Morgan fingerprint density at radius 1 is 1.16 bits per heavy atom. The zero-order valence-electron chi connectivity index (χ0n) is 19.4. The number of para-hydroxylation sites is 1. The van der Waals surface area contributed by atoms with E-state index in [0.717, 1.165) is 11.3 Å². The number of carbonyl (C=O) groups is 3. The van der Waals surface area contributed by atoms with Crippen LogP contribution in [0.1, 0.15) is 28.0 Å². The second-order valence-electron chi connectivity index (χ2n) is 7.71. The first kappa shape index (κ1) is 25.3. The Labute approximate surface area is 213 Å². The third-order valence-electron chi connectivity index (χ3n) is 5.11. The molecule has 0 bridgehead atoms. The van der Waals surface area contributed by atoms with E-state index in [1.807, 2.05) is 6.07 Å². The molecule has 0 aliphatic carbocycles. The van der Waals surface area contributed by atoms with Crippen LogP contribution in [0.2, 0.25) is 0 Å². The van der Waals surface area contributed by atoms with Crippen LogP contribution in [0.5, 0.6) is 0 Å². The second-order valence-corrected chi connectivity index (χ2v) is 8.69. The van der Waals surface area contributed by atoms with E-state index in [-0.39, 0.29) is 33.9 Å². The average Bonchev–Trinajstić information content (AvgIpc) is 3.51. The van der Waals surface area contributed by atoms with E-state index in [2.05, 4.69) is 15.5 Å². The number of primary amides is 1. The number of benzene rings is 2. The largest absolute Gasteiger partial charge is 0.443 e. The van der Waals surface area contributed by atoms with Gasteiger partial charge in [0.15, 0.2) is 5.13 Å². The minimum atomic E-state index is -0.880. The SMILES string of the molecule is CC(C(N)=O)N(c1ccc(F)cc1)c1nc(N)c(C(=O)c2cc(COC(=O)Nc3ccccc3)no2)s1. The van der Waals surface area contributed by atoms with Crippen LogP contribution in [0.4, 0.5) is 31.5 Å². The number of ether oxygens (including phenoxy) is 1. The van der Waals surface area contributed by atoms with Gasteiger partial charge in [-0.2, -0.15) is 0 Å². The lowest BCUT2D eigenvalue weighted by Crippen LogP contribution is -2.39. The van der Waals surface area contributed by atoms with E-state index in [0.29, 0.717) is 11.4 Å². The third kappa shape index (κ3) is 5.90. The second kappa shape index (κ2) is 10.9. The van der Waals surface area contributed by atoms with E-state index in [9.17, 15) is 18.8 Å². The Bertz CT molecular complexity index is 1420. The smallest absolute Gasteiger partial charge is 0.412 e. The molecule has 2 aromatic carbocycles. The maximum Gasteiger partial charge on any atom is 0.412 e. The number of nitrogens with one attached hydrogen (secondary N) is 1. The molecule has 1 atom stereocenters. The van der Waals surface area contributed by atoms with Gasteiger partial charge in [-0.05, 0) is 43.3 Å². The van der Waals surface area contributed by atoms with Gasteiger partial charge in [-0.1, -0.05) is 34.7 Å². The lowest BCUT2D eigenvalue weighted by molar-refractivity contribution is -0.118. The van der Waals surface area contributed by atoms with Crippen LogP contribution in [-0.4, -0.2) is 34.0 Å². The maximum atomic E-state index is 13.4. The fourth-order valence-corrected chi connectivity index (χ4v) is 4.26. The van der Waals surface area contributed by atoms with Crippen molar-refractivity contribution in [3.8, 4) is 0 Å². The first-order valence-corrected chi connectivity index (χ1v) is 11.6. The predicted octanol–water partition coefficient (Wildman–Crippen LogP) is 3.84. The van der Waals surface area contributed by atoms with Gasteiger partial charge in [0.05, 0.1) is 0 Å². The van der Waals surface area contributed by atoms with Gasteiger partial charge in [-0.15, -0.1) is 0 Å². The number of rotatable bonds is 9. The number of hydrogen-bond acceptors (Lipinski definition) is 10. The van der Waals surface area contributed by atoms with Crippen molar-refractivity contribution in [2.75, 3.05) is 16.0 Å². The normalized spacial score (nSPS) is 11.5. The van der Waals surface area contributed by atoms with Crippen LogP contribution in [0, 0.1) is 5.82 Å². The number of carbonyl (C=O) groups excluding carboxylic acids is 3. The molecule has 0 spiro atoms. The van der Waals surface area contributed by atoms with E-state index < -0.39 is 29.6 Å². The van der Waals surface area contributed by atoms with Crippen LogP contribution in [0.25, 0.3) is 0 Å². The number of nitrogen functional groups attached to an aromatic ring is 1. The topological polar surface area (TPSA) is 167 Å². The van der Waals surface area contributed by atoms with Crippen LogP contribution >= 0.6 is 11.3 Å². The Hall–Kier alpha value is -4.78. The molecule has 190 valence electrons. The molecule has 5 N–H and O–H groups in total. The molecule has 0 fully saturated rings. The Morgan fingerprint density at radius 2 is 1.86 bits per heavy atom. The van der Waals surface area contributed by atoms with Crippen molar-refractivity contribution in [1.29, 1.82) is 0 Å². The molecular formula is C24H21FN6O5S. The number of nitrogens with two attached hydrogens (primary N) is 2. The van der Waals surface area contributed by atoms with E-state index in [1.165, 1.54) is 35.2 Å². The van der Waals surface area contributed by atoms with Crippen molar-refractivity contribution in [3.63, 3.8) is 0 Å². The number of anilines is 4. The Morgan fingerprint density at radius 3 is 2.54 bits per heavy atom. The fraction of sp³-hybridized carbons (Fsp3) is 0.125. The number of nitrogens with zero attached hydrogens (tertiary/aromatic N) is 3. The Kier molecular flexibility index (Phi) is 7.44. The highest BCUT2D eigenvalue weighted by atomic mass is 32.1. The molecule has 1 unspecified atom stereocenters. The van der Waals surface area contributed by atoms with Crippen LogP contribution < -0.4 is 21.7 Å². The predicted molar refractivity (Wildman–Crippen MR) is 134 cm³/mol. The first-order valence-electron chi connectivity index (χ1n) is 10.8. The summed E-state index contributed by atoms with van der Waals surface area (Å²) >= 11 is 0.900. The molecule has 4 rings (SSSR count). The fourth-order valence-electron chi connectivity index (χ4n) is 3.23. The standard InChI is InChI=1S/C24H21FN6O5S/c1-13(22(27)33)31(17-9-7-14(25)8-10-17)23-29-21(26)20(37-23)19(32)18-11-16(30-36-18)12-35-24(34)28-15-5-3-2-4-6-15/h2-11,13H,12,26H2,1H3,(H2,27,33)(H,28,34). The number of hydrogen-bond donors (Lipinski definition) is 3. The van der Waals surface area contributed by atoms with Gasteiger partial charge >= 0.3 is 6.09 Å². The van der Waals surface area contributed by atoms with Crippen molar-refractivity contribution < 1.29 is 28.0 Å². The van der Waals surface area contributed by atoms with Crippen molar-refractivity contribution in [2.24, 2.45) is 5.73 Å². The summed E-state index contributed by atoms with van der Waals surface area (Å²) in [6.07, 6.45) is -0.706. The molecule has 2 amide bonds. The average molecular weight is 525 g/mol. The lowest BCUT2D eigenvalue weighted by atomic mass is 10.2. The highest BCUT2D eigenvalue weighted by molar-refractivity contribution is 7.18. The molecule has 0 aliphatic heterocycles. The Balaban J connectivity index is 1.49. The van der Waals surface area contributed by atoms with Crippen LogP contribution in [0.15, 0.2) is 65.2 Å². The number of aromatic nitrogens is 2. The quantitative estimate of drug-likeness (QED) is 0.276. The summed E-state index contributed by atoms with van der Waals surface area (Å²) in [5, 5.41) is 6.50. The summed E-state index contributed by atoms with van der Waals surface area (Å²) in [5.74, 6) is -2.00. The van der Waals surface area contributed by atoms with Gasteiger partial charge in [-0.3, -0.25) is 14.9 Å². The summed E-state index contributed by atoms with van der Waals surface area (Å²) < 4.78 is 23.7. The van der Waals surface area contributed by atoms with Crippen LogP contribution in [-0.2, 0) is 16.1 Å². The molecule has 37 heavy (non-hydrogen) atoms. The zero-order chi connectivity index (χ0) is 26.5. The molecule has 13 heteroatoms. The van der Waals surface area contributed by atoms with Crippen LogP contribution in [0.3, 0.4) is 0 Å². The van der Waals surface area contributed by atoms with E-state index >= 15 is 0 Å². The summed E-state index contributed by atoms with van der Waals surface area (Å²) in [5.41, 5.74) is 12.7. The number of halogens is 1. The monoisotopic (exact) mass is 524 g/mol.